The Kier molecular flexibility index (Phi) is 6.37. The second kappa shape index (κ2) is 9.74. The Morgan fingerprint density at radius 2 is 1.79 bits per heavy atom. The maximum Gasteiger partial charge on any atom is 0.282 e. The highest BCUT2D eigenvalue weighted by Gasteiger charge is 2.24. The summed E-state index contributed by atoms with van der Waals surface area (Å²) in [6.45, 7) is 5.92. The Hall–Kier alpha value is -3.56. The van der Waals surface area contributed by atoms with Crippen LogP contribution in [0.3, 0.4) is 0 Å². The lowest BCUT2D eigenvalue weighted by atomic mass is 10.1. The number of fused-ring (bicyclic) bond motifs is 1. The molecule has 2 amide bonds. The van der Waals surface area contributed by atoms with Crippen molar-refractivity contribution < 1.29 is 9.59 Å². The summed E-state index contributed by atoms with van der Waals surface area (Å²) in [6, 6.07) is 17.9. The van der Waals surface area contributed by atoms with Crippen molar-refractivity contribution in [3.63, 3.8) is 0 Å². The van der Waals surface area contributed by atoms with Gasteiger partial charge in [0.15, 0.2) is 0 Å². The van der Waals surface area contributed by atoms with Crippen molar-refractivity contribution in [2.75, 3.05) is 26.2 Å². The molecular formula is C25H26N6O2S. The number of aromatic amines is 1. The van der Waals surface area contributed by atoms with Crippen LogP contribution in [-0.4, -0.2) is 63.0 Å². The van der Waals surface area contributed by atoms with Crippen LogP contribution in [0, 0.1) is 6.92 Å². The predicted octanol–water partition coefficient (Wildman–Crippen LogP) is 3.22. The first-order chi connectivity index (χ1) is 16.5. The van der Waals surface area contributed by atoms with E-state index in [0.717, 1.165) is 34.6 Å². The SMILES string of the molecule is Cc1ccc(CNC(=O)c2nnc(CN3CCN(C(=O)c4cc5ccccc5[nH]4)CC3)s2)cc1. The number of nitrogens with zero attached hydrogens (tertiary/aromatic N) is 4. The maximum atomic E-state index is 12.9. The molecule has 0 aliphatic carbocycles. The van der Waals surface area contributed by atoms with Crippen LogP contribution in [0.1, 0.15) is 36.4 Å². The predicted molar refractivity (Wildman–Crippen MR) is 132 cm³/mol. The lowest BCUT2D eigenvalue weighted by Gasteiger charge is -2.33. The van der Waals surface area contributed by atoms with Gasteiger partial charge in [0.25, 0.3) is 11.8 Å². The van der Waals surface area contributed by atoms with Crippen LogP contribution in [-0.2, 0) is 13.1 Å². The highest BCUT2D eigenvalue weighted by atomic mass is 32.1. The van der Waals surface area contributed by atoms with Crippen molar-refractivity contribution in [2.24, 2.45) is 0 Å². The smallest absolute Gasteiger partial charge is 0.282 e. The van der Waals surface area contributed by atoms with Gasteiger partial charge in [0.05, 0.1) is 6.54 Å². The van der Waals surface area contributed by atoms with Crippen molar-refractivity contribution in [1.29, 1.82) is 0 Å². The highest BCUT2D eigenvalue weighted by Crippen LogP contribution is 2.18. The Labute approximate surface area is 201 Å². The summed E-state index contributed by atoms with van der Waals surface area (Å²) in [7, 11) is 0. The fourth-order valence-electron chi connectivity index (χ4n) is 4.03. The van der Waals surface area contributed by atoms with Crippen LogP contribution >= 0.6 is 11.3 Å². The third-order valence-corrected chi connectivity index (χ3v) is 6.92. The highest BCUT2D eigenvalue weighted by molar-refractivity contribution is 7.13. The van der Waals surface area contributed by atoms with Gasteiger partial charge in [-0.15, -0.1) is 10.2 Å². The molecule has 2 aromatic carbocycles. The van der Waals surface area contributed by atoms with E-state index in [4.69, 9.17) is 0 Å². The Balaban J connectivity index is 1.11. The zero-order valence-electron chi connectivity index (χ0n) is 19.0. The number of aryl methyl sites for hydroxylation is 1. The first-order valence-corrected chi connectivity index (χ1v) is 12.1. The molecule has 4 aromatic rings. The lowest BCUT2D eigenvalue weighted by molar-refractivity contribution is 0.0623. The molecule has 1 aliphatic rings. The molecule has 0 saturated carbocycles. The molecular weight excluding hydrogens is 448 g/mol. The topological polar surface area (TPSA) is 94.2 Å². The zero-order valence-corrected chi connectivity index (χ0v) is 19.8. The van der Waals surface area contributed by atoms with Crippen molar-refractivity contribution >= 4 is 34.1 Å². The van der Waals surface area contributed by atoms with Gasteiger partial charge in [-0.3, -0.25) is 14.5 Å². The monoisotopic (exact) mass is 474 g/mol. The number of rotatable bonds is 6. The van der Waals surface area contributed by atoms with Crippen molar-refractivity contribution in [3.8, 4) is 0 Å². The van der Waals surface area contributed by atoms with E-state index in [-0.39, 0.29) is 11.8 Å². The third kappa shape index (κ3) is 5.00. The van der Waals surface area contributed by atoms with Gasteiger partial charge in [-0.1, -0.05) is 59.4 Å². The Bertz CT molecular complexity index is 1270. The van der Waals surface area contributed by atoms with Gasteiger partial charge in [-0.2, -0.15) is 0 Å². The summed E-state index contributed by atoms with van der Waals surface area (Å²) < 4.78 is 0. The third-order valence-electron chi connectivity index (χ3n) is 6.01. The fourth-order valence-corrected chi connectivity index (χ4v) is 4.83. The minimum Gasteiger partial charge on any atom is -0.351 e. The summed E-state index contributed by atoms with van der Waals surface area (Å²) in [5.74, 6) is -0.183. The van der Waals surface area contributed by atoms with Gasteiger partial charge >= 0.3 is 0 Å². The van der Waals surface area contributed by atoms with E-state index in [1.165, 1.54) is 16.9 Å². The van der Waals surface area contributed by atoms with Crippen LogP contribution in [0.2, 0.25) is 0 Å². The number of hydrogen-bond acceptors (Lipinski definition) is 6. The maximum absolute atomic E-state index is 12.9. The lowest BCUT2D eigenvalue weighted by Crippen LogP contribution is -2.48. The molecule has 0 spiro atoms. The van der Waals surface area contributed by atoms with Gasteiger partial charge in [0, 0.05) is 43.6 Å². The molecule has 8 nitrogen and oxygen atoms in total. The van der Waals surface area contributed by atoms with E-state index >= 15 is 0 Å². The van der Waals surface area contributed by atoms with Gasteiger partial charge in [0.1, 0.15) is 10.7 Å². The first-order valence-electron chi connectivity index (χ1n) is 11.3. The van der Waals surface area contributed by atoms with E-state index in [2.05, 4.69) is 25.4 Å². The quantitative estimate of drug-likeness (QED) is 0.448. The number of amides is 2. The number of aromatic nitrogens is 3. The summed E-state index contributed by atoms with van der Waals surface area (Å²) in [5.41, 5.74) is 3.83. The summed E-state index contributed by atoms with van der Waals surface area (Å²) in [4.78, 5) is 32.7. The Morgan fingerprint density at radius 3 is 2.56 bits per heavy atom. The van der Waals surface area contributed by atoms with Crippen molar-refractivity contribution in [1.82, 2.24) is 30.3 Å². The number of piperazine rings is 1. The van der Waals surface area contributed by atoms with E-state index in [1.54, 1.807) is 0 Å². The number of H-pyrrole nitrogens is 1. The minimum atomic E-state index is -0.210. The molecule has 2 aromatic heterocycles. The largest absolute Gasteiger partial charge is 0.351 e. The van der Waals surface area contributed by atoms with Crippen LogP contribution in [0.4, 0.5) is 0 Å². The van der Waals surface area contributed by atoms with Crippen LogP contribution < -0.4 is 5.32 Å². The summed E-state index contributed by atoms with van der Waals surface area (Å²) in [5, 5.41) is 13.4. The van der Waals surface area contributed by atoms with Crippen molar-refractivity contribution in [3.05, 3.63) is 81.4 Å². The van der Waals surface area contributed by atoms with Gasteiger partial charge in [-0.25, -0.2) is 0 Å². The van der Waals surface area contributed by atoms with Gasteiger partial charge in [-0.05, 0) is 24.6 Å². The van der Waals surface area contributed by atoms with Crippen LogP contribution in [0.15, 0.2) is 54.6 Å². The van der Waals surface area contributed by atoms with E-state index < -0.39 is 0 Å². The molecule has 0 bridgehead atoms. The van der Waals surface area contributed by atoms with Crippen LogP contribution in [0.5, 0.6) is 0 Å². The first kappa shape index (κ1) is 22.2. The molecule has 174 valence electrons. The average Bonchev–Trinajstić information content (AvgIpc) is 3.51. The molecule has 0 radical (unpaired) electrons. The van der Waals surface area contributed by atoms with Gasteiger partial charge in [0.2, 0.25) is 5.01 Å². The molecule has 9 heteroatoms. The summed E-state index contributed by atoms with van der Waals surface area (Å²) >= 11 is 1.32. The van der Waals surface area contributed by atoms with Gasteiger partial charge < -0.3 is 15.2 Å². The molecule has 1 aliphatic heterocycles. The summed E-state index contributed by atoms with van der Waals surface area (Å²) in [6.07, 6.45) is 0. The number of para-hydroxylation sites is 1. The number of nitrogens with one attached hydrogen (secondary N) is 2. The second-order valence-corrected chi connectivity index (χ2v) is 9.57. The van der Waals surface area contributed by atoms with Crippen LogP contribution in [0.25, 0.3) is 10.9 Å². The number of hydrogen-bond donors (Lipinski definition) is 2. The molecule has 5 rings (SSSR count). The molecule has 1 saturated heterocycles. The molecule has 0 atom stereocenters. The van der Waals surface area contributed by atoms with E-state index in [0.29, 0.717) is 36.9 Å². The number of carbonyl (C=O) groups excluding carboxylic acids is 2. The Morgan fingerprint density at radius 1 is 1.03 bits per heavy atom. The molecule has 1 fully saturated rings. The normalized spacial score (nSPS) is 14.4. The molecule has 34 heavy (non-hydrogen) atoms. The van der Waals surface area contributed by atoms with E-state index in [1.807, 2.05) is 66.4 Å². The second-order valence-electron chi connectivity index (χ2n) is 8.51. The molecule has 3 heterocycles. The molecule has 0 unspecified atom stereocenters. The molecule has 2 N–H and O–H groups in total. The standard InChI is InChI=1S/C25H26N6O2S/c1-17-6-8-18(9-7-17)15-26-23(32)24-29-28-22(34-24)16-30-10-12-31(13-11-30)25(33)21-14-19-4-2-3-5-20(19)27-21/h2-9,14,27H,10-13,15-16H2,1H3,(H,26,32). The zero-order chi connectivity index (χ0) is 23.5. The minimum absolute atomic E-state index is 0.0271. The number of benzene rings is 2. The van der Waals surface area contributed by atoms with Crippen molar-refractivity contribution in [2.45, 2.75) is 20.0 Å². The average molecular weight is 475 g/mol. The number of carbonyl (C=O) groups is 2. The fraction of sp³-hybridized carbons (Fsp3) is 0.280. The van der Waals surface area contributed by atoms with E-state index in [9.17, 15) is 9.59 Å².